The van der Waals surface area contributed by atoms with Crippen molar-refractivity contribution in [1.29, 1.82) is 0 Å². The van der Waals surface area contributed by atoms with Crippen molar-refractivity contribution >= 4 is 0 Å². The summed E-state index contributed by atoms with van der Waals surface area (Å²) in [5.74, 6) is 0.696. The van der Waals surface area contributed by atoms with Crippen molar-refractivity contribution in [2.75, 3.05) is 6.61 Å². The van der Waals surface area contributed by atoms with E-state index in [2.05, 4.69) is 34.3 Å². The molecule has 1 aliphatic heterocycles. The van der Waals surface area contributed by atoms with E-state index in [0.717, 1.165) is 38.5 Å². The topological polar surface area (TPSA) is 49.7 Å². The second-order valence-corrected chi connectivity index (χ2v) is 9.35. The molecule has 0 aromatic carbocycles. The third-order valence-electron chi connectivity index (χ3n) is 7.91. The predicted molar refractivity (Wildman–Crippen MR) is 92.1 cm³/mol. The largest absolute Gasteiger partial charge is 0.396 e. The van der Waals surface area contributed by atoms with Gasteiger partial charge in [0, 0.05) is 12.0 Å². The first kappa shape index (κ1) is 17.4. The summed E-state index contributed by atoms with van der Waals surface area (Å²) < 4.78 is 6.59. The van der Waals surface area contributed by atoms with Crippen LogP contribution in [0, 0.1) is 22.7 Å². The van der Waals surface area contributed by atoms with Crippen LogP contribution in [0.4, 0.5) is 0 Å². The standard InChI is InChI=1S/C20H34O3/c1-6-18(3)11-7-15-19(4,23-18)12-8-14-17(2,13-21)10-9-16(22)20(14,15)5/h6,14-16,21-22H,1,7-13H2,2-5H3/t14-,15-,16-,17-,18+,19-,20+/m1/s1. The smallest absolute Gasteiger partial charge is 0.0839 e. The summed E-state index contributed by atoms with van der Waals surface area (Å²) in [6, 6.07) is 0. The zero-order chi connectivity index (χ0) is 17.1. The number of hydrogen-bond acceptors (Lipinski definition) is 3. The fraction of sp³-hybridized carbons (Fsp3) is 0.900. The summed E-state index contributed by atoms with van der Waals surface area (Å²) in [7, 11) is 0. The molecule has 3 heteroatoms. The molecule has 1 heterocycles. The molecule has 0 radical (unpaired) electrons. The minimum Gasteiger partial charge on any atom is -0.396 e. The Labute approximate surface area is 141 Å². The molecule has 23 heavy (non-hydrogen) atoms. The van der Waals surface area contributed by atoms with E-state index in [0.29, 0.717) is 11.8 Å². The fourth-order valence-electron chi connectivity index (χ4n) is 6.42. The molecule has 2 aliphatic carbocycles. The van der Waals surface area contributed by atoms with E-state index in [9.17, 15) is 10.2 Å². The number of rotatable bonds is 2. The summed E-state index contributed by atoms with van der Waals surface area (Å²) in [4.78, 5) is 0. The van der Waals surface area contributed by atoms with Gasteiger partial charge in [-0.25, -0.2) is 0 Å². The normalized spacial score (nSPS) is 56.5. The van der Waals surface area contributed by atoms with Gasteiger partial charge in [0.05, 0.1) is 17.3 Å². The van der Waals surface area contributed by atoms with Gasteiger partial charge in [0.1, 0.15) is 0 Å². The Bertz CT molecular complexity index is 491. The van der Waals surface area contributed by atoms with Crippen LogP contribution in [0.15, 0.2) is 12.7 Å². The van der Waals surface area contributed by atoms with Crippen LogP contribution >= 0.6 is 0 Å². The number of ether oxygens (including phenoxy) is 1. The lowest BCUT2D eigenvalue weighted by Crippen LogP contribution is -2.66. The van der Waals surface area contributed by atoms with Gasteiger partial charge in [-0.05, 0) is 69.6 Å². The quantitative estimate of drug-likeness (QED) is 0.762. The maximum Gasteiger partial charge on any atom is 0.0839 e. The third kappa shape index (κ3) is 2.34. The first-order valence-corrected chi connectivity index (χ1v) is 9.26. The van der Waals surface area contributed by atoms with Gasteiger partial charge in [-0.3, -0.25) is 0 Å². The molecule has 3 aliphatic rings. The molecule has 3 nitrogen and oxygen atoms in total. The second kappa shape index (κ2) is 5.31. The lowest BCUT2D eigenvalue weighted by molar-refractivity contribution is -0.277. The van der Waals surface area contributed by atoms with Crippen molar-refractivity contribution in [3.63, 3.8) is 0 Å². The second-order valence-electron chi connectivity index (χ2n) is 9.35. The maximum atomic E-state index is 11.0. The lowest BCUT2D eigenvalue weighted by atomic mass is 9.43. The number of aliphatic hydroxyl groups is 2. The molecule has 0 bridgehead atoms. The average Bonchev–Trinajstić information content (AvgIpc) is 2.50. The summed E-state index contributed by atoms with van der Waals surface area (Å²) in [5.41, 5.74) is -0.713. The van der Waals surface area contributed by atoms with Crippen molar-refractivity contribution < 1.29 is 14.9 Å². The summed E-state index contributed by atoms with van der Waals surface area (Å²) in [6.45, 7) is 13.0. The van der Waals surface area contributed by atoms with E-state index in [1.54, 1.807) is 0 Å². The molecule has 0 amide bonds. The van der Waals surface area contributed by atoms with E-state index >= 15 is 0 Å². The third-order valence-corrected chi connectivity index (χ3v) is 7.91. The van der Waals surface area contributed by atoms with Crippen LogP contribution in [-0.2, 0) is 4.74 Å². The van der Waals surface area contributed by atoms with Crippen LogP contribution in [0.25, 0.3) is 0 Å². The molecule has 3 fully saturated rings. The number of fused-ring (bicyclic) bond motifs is 3. The molecule has 7 atom stereocenters. The van der Waals surface area contributed by atoms with Gasteiger partial charge in [-0.15, -0.1) is 6.58 Å². The molecule has 2 N–H and O–H groups in total. The van der Waals surface area contributed by atoms with Gasteiger partial charge in [0.25, 0.3) is 0 Å². The van der Waals surface area contributed by atoms with Gasteiger partial charge >= 0.3 is 0 Å². The van der Waals surface area contributed by atoms with Crippen LogP contribution in [0.2, 0.25) is 0 Å². The number of aliphatic hydroxyl groups excluding tert-OH is 2. The van der Waals surface area contributed by atoms with Gasteiger partial charge in [-0.2, -0.15) is 0 Å². The Kier molecular flexibility index (Phi) is 4.02. The zero-order valence-corrected chi connectivity index (χ0v) is 15.3. The Hall–Kier alpha value is -0.380. The highest BCUT2D eigenvalue weighted by molar-refractivity contribution is 5.15. The van der Waals surface area contributed by atoms with Crippen molar-refractivity contribution in [1.82, 2.24) is 0 Å². The molecule has 2 saturated carbocycles. The molecular weight excluding hydrogens is 288 g/mol. The lowest BCUT2D eigenvalue weighted by Gasteiger charge is -2.66. The maximum absolute atomic E-state index is 11.0. The molecule has 0 aromatic heterocycles. The predicted octanol–water partition coefficient (Wildman–Crippen LogP) is 3.69. The van der Waals surface area contributed by atoms with Crippen molar-refractivity contribution in [2.45, 2.75) is 83.5 Å². The molecule has 1 saturated heterocycles. The van der Waals surface area contributed by atoms with E-state index in [1.807, 2.05) is 6.08 Å². The molecule has 132 valence electrons. The Morgan fingerprint density at radius 2 is 1.70 bits per heavy atom. The SMILES string of the molecule is C=C[C@@]1(C)CC[C@H]2[C@@]3(C)[C@H](O)CC[C@](C)(CO)[C@H]3CC[C@@]2(C)O1. The molecule has 0 unspecified atom stereocenters. The van der Waals surface area contributed by atoms with Crippen LogP contribution in [0.1, 0.15) is 66.2 Å². The minimum atomic E-state index is -0.298. The summed E-state index contributed by atoms with van der Waals surface area (Å²) in [6.07, 6.45) is 7.39. The van der Waals surface area contributed by atoms with Gasteiger partial charge in [-0.1, -0.05) is 19.9 Å². The highest BCUT2D eigenvalue weighted by Crippen LogP contribution is 2.65. The molecular formula is C20H34O3. The van der Waals surface area contributed by atoms with Crippen LogP contribution in [-0.4, -0.2) is 34.1 Å². The van der Waals surface area contributed by atoms with Crippen molar-refractivity contribution in [2.24, 2.45) is 22.7 Å². The average molecular weight is 322 g/mol. The van der Waals surface area contributed by atoms with Crippen LogP contribution in [0.5, 0.6) is 0 Å². The Morgan fingerprint density at radius 1 is 1.04 bits per heavy atom. The van der Waals surface area contributed by atoms with Gasteiger partial charge in [0.2, 0.25) is 0 Å². The highest BCUT2D eigenvalue weighted by Gasteiger charge is 2.64. The highest BCUT2D eigenvalue weighted by atomic mass is 16.5. The summed E-state index contributed by atoms with van der Waals surface area (Å²) >= 11 is 0. The van der Waals surface area contributed by atoms with E-state index in [4.69, 9.17) is 4.74 Å². The zero-order valence-electron chi connectivity index (χ0n) is 15.3. The van der Waals surface area contributed by atoms with Crippen LogP contribution < -0.4 is 0 Å². The number of hydrogen-bond donors (Lipinski definition) is 2. The monoisotopic (exact) mass is 322 g/mol. The Balaban J connectivity index is 2.00. The first-order valence-electron chi connectivity index (χ1n) is 9.26. The Morgan fingerprint density at radius 3 is 2.30 bits per heavy atom. The van der Waals surface area contributed by atoms with Crippen molar-refractivity contribution in [3.8, 4) is 0 Å². The first-order chi connectivity index (χ1) is 10.6. The fourth-order valence-corrected chi connectivity index (χ4v) is 6.42. The van der Waals surface area contributed by atoms with Gasteiger partial charge in [0.15, 0.2) is 0 Å². The molecule has 0 spiro atoms. The van der Waals surface area contributed by atoms with E-state index in [1.165, 1.54) is 0 Å². The minimum absolute atomic E-state index is 0.0749. The van der Waals surface area contributed by atoms with E-state index in [-0.39, 0.29) is 34.7 Å². The molecule has 3 rings (SSSR count). The van der Waals surface area contributed by atoms with E-state index < -0.39 is 0 Å². The van der Waals surface area contributed by atoms with Crippen molar-refractivity contribution in [3.05, 3.63) is 12.7 Å². The summed E-state index contributed by atoms with van der Waals surface area (Å²) in [5, 5.41) is 21.0. The van der Waals surface area contributed by atoms with Gasteiger partial charge < -0.3 is 14.9 Å². The molecule has 0 aromatic rings. The van der Waals surface area contributed by atoms with Crippen LogP contribution in [0.3, 0.4) is 0 Å².